The lowest BCUT2D eigenvalue weighted by atomic mass is 10.2. The minimum absolute atomic E-state index is 0.227. The first kappa shape index (κ1) is 17.9. The molecular formula is C20H20N2O3S. The molecular weight excluding hydrogens is 348 g/mol. The maximum absolute atomic E-state index is 12.2. The number of rotatable bonds is 6. The molecule has 0 aliphatic carbocycles. The van der Waals surface area contributed by atoms with E-state index >= 15 is 0 Å². The van der Waals surface area contributed by atoms with Crippen LogP contribution < -0.4 is 14.8 Å². The van der Waals surface area contributed by atoms with Crippen molar-refractivity contribution in [3.05, 3.63) is 53.6 Å². The fraction of sp³-hybridized carbons (Fsp3) is 0.200. The molecule has 3 aromatic rings. The second-order valence-corrected chi connectivity index (χ2v) is 6.64. The fourth-order valence-corrected chi connectivity index (χ4v) is 3.47. The monoisotopic (exact) mass is 368 g/mol. The molecule has 0 aliphatic heterocycles. The molecule has 1 heterocycles. The Kier molecular flexibility index (Phi) is 5.53. The number of aryl methyl sites for hydroxylation is 1. The molecule has 0 aliphatic rings. The quantitative estimate of drug-likeness (QED) is 0.643. The highest BCUT2D eigenvalue weighted by atomic mass is 32.1. The molecule has 0 fully saturated rings. The molecule has 0 unspecified atom stereocenters. The molecule has 6 heteroatoms. The zero-order valence-electron chi connectivity index (χ0n) is 14.9. The van der Waals surface area contributed by atoms with Gasteiger partial charge in [0.15, 0.2) is 16.6 Å². The predicted octanol–water partition coefficient (Wildman–Crippen LogP) is 4.66. The molecule has 1 aromatic heterocycles. The third-order valence-corrected chi connectivity index (χ3v) is 4.70. The summed E-state index contributed by atoms with van der Waals surface area (Å²) in [4.78, 5) is 16.7. The van der Waals surface area contributed by atoms with Crippen molar-refractivity contribution in [3.63, 3.8) is 0 Å². The lowest BCUT2D eigenvalue weighted by molar-refractivity contribution is -0.111. The Hall–Kier alpha value is -2.86. The minimum Gasteiger partial charge on any atom is -0.493 e. The van der Waals surface area contributed by atoms with E-state index in [0.29, 0.717) is 23.2 Å². The number of amides is 1. The van der Waals surface area contributed by atoms with Gasteiger partial charge in [-0.1, -0.05) is 29.5 Å². The van der Waals surface area contributed by atoms with Crippen LogP contribution in [0.1, 0.15) is 18.1 Å². The first-order chi connectivity index (χ1) is 12.6. The Balaban J connectivity index is 1.71. The number of methoxy groups -OCH3 is 1. The molecule has 0 saturated heterocycles. The summed E-state index contributed by atoms with van der Waals surface area (Å²) < 4.78 is 11.9. The van der Waals surface area contributed by atoms with Gasteiger partial charge in [-0.15, -0.1) is 0 Å². The SMILES string of the molecule is CCOc1ccc(/C=C/C(=O)Nc2nc3c(C)cccc3s2)cc1OC. The number of aromatic nitrogens is 1. The zero-order valence-corrected chi connectivity index (χ0v) is 15.7. The van der Waals surface area contributed by atoms with E-state index in [9.17, 15) is 4.79 Å². The van der Waals surface area contributed by atoms with Crippen LogP contribution in [-0.4, -0.2) is 24.6 Å². The van der Waals surface area contributed by atoms with E-state index in [1.54, 1.807) is 13.2 Å². The Bertz CT molecular complexity index is 963. The largest absolute Gasteiger partial charge is 0.493 e. The first-order valence-electron chi connectivity index (χ1n) is 8.26. The number of carbonyl (C=O) groups is 1. The van der Waals surface area contributed by atoms with Crippen LogP contribution in [0.5, 0.6) is 11.5 Å². The number of para-hydroxylation sites is 1. The Morgan fingerprint density at radius 2 is 2.12 bits per heavy atom. The van der Waals surface area contributed by atoms with E-state index in [0.717, 1.165) is 21.3 Å². The lowest BCUT2D eigenvalue weighted by Crippen LogP contribution is -2.07. The fourth-order valence-electron chi connectivity index (χ4n) is 2.52. The van der Waals surface area contributed by atoms with E-state index in [1.807, 2.05) is 50.2 Å². The van der Waals surface area contributed by atoms with Crippen molar-refractivity contribution in [1.82, 2.24) is 4.98 Å². The van der Waals surface area contributed by atoms with E-state index < -0.39 is 0 Å². The number of fused-ring (bicyclic) bond motifs is 1. The molecule has 0 saturated carbocycles. The molecule has 134 valence electrons. The molecule has 0 bridgehead atoms. The highest BCUT2D eigenvalue weighted by molar-refractivity contribution is 7.22. The summed E-state index contributed by atoms with van der Waals surface area (Å²) in [5, 5.41) is 3.41. The summed E-state index contributed by atoms with van der Waals surface area (Å²) in [6.45, 7) is 4.49. The van der Waals surface area contributed by atoms with Gasteiger partial charge in [-0.05, 0) is 49.2 Å². The van der Waals surface area contributed by atoms with Gasteiger partial charge in [0.2, 0.25) is 5.91 Å². The maximum atomic E-state index is 12.2. The smallest absolute Gasteiger partial charge is 0.250 e. The predicted molar refractivity (Wildman–Crippen MR) is 106 cm³/mol. The van der Waals surface area contributed by atoms with Gasteiger partial charge >= 0.3 is 0 Å². The number of benzene rings is 2. The number of carbonyl (C=O) groups excluding carboxylic acids is 1. The summed E-state index contributed by atoms with van der Waals surface area (Å²) in [6, 6.07) is 11.5. The molecule has 1 amide bonds. The van der Waals surface area contributed by atoms with Crippen molar-refractivity contribution in [2.24, 2.45) is 0 Å². The van der Waals surface area contributed by atoms with Gasteiger partial charge in [-0.2, -0.15) is 0 Å². The third-order valence-electron chi connectivity index (χ3n) is 3.77. The molecule has 1 N–H and O–H groups in total. The Labute approximate surface area is 156 Å². The van der Waals surface area contributed by atoms with Gasteiger partial charge in [0.25, 0.3) is 0 Å². The van der Waals surface area contributed by atoms with Gasteiger partial charge in [-0.3, -0.25) is 10.1 Å². The summed E-state index contributed by atoms with van der Waals surface area (Å²) >= 11 is 1.46. The average Bonchev–Trinajstić information content (AvgIpc) is 3.05. The van der Waals surface area contributed by atoms with Gasteiger partial charge in [0.05, 0.1) is 23.9 Å². The number of nitrogens with one attached hydrogen (secondary N) is 1. The van der Waals surface area contributed by atoms with Crippen LogP contribution in [0.25, 0.3) is 16.3 Å². The summed E-state index contributed by atoms with van der Waals surface area (Å²) in [6.07, 6.45) is 3.21. The van der Waals surface area contributed by atoms with Crippen molar-refractivity contribution in [2.45, 2.75) is 13.8 Å². The third kappa shape index (κ3) is 4.03. The van der Waals surface area contributed by atoms with E-state index in [2.05, 4.69) is 10.3 Å². The summed E-state index contributed by atoms with van der Waals surface area (Å²) in [5.74, 6) is 1.09. The van der Waals surface area contributed by atoms with Crippen LogP contribution in [0.2, 0.25) is 0 Å². The van der Waals surface area contributed by atoms with Crippen molar-refractivity contribution >= 4 is 38.7 Å². The van der Waals surface area contributed by atoms with Crippen LogP contribution in [0.4, 0.5) is 5.13 Å². The topological polar surface area (TPSA) is 60.5 Å². The van der Waals surface area contributed by atoms with Crippen molar-refractivity contribution in [3.8, 4) is 11.5 Å². The molecule has 5 nitrogen and oxygen atoms in total. The number of nitrogens with zero attached hydrogens (tertiary/aromatic N) is 1. The normalized spacial score (nSPS) is 11.0. The minimum atomic E-state index is -0.227. The summed E-state index contributed by atoms with van der Waals surface area (Å²) in [5.41, 5.74) is 2.87. The standard InChI is InChI=1S/C20H20N2O3S/c1-4-25-15-10-8-14(12-16(15)24-3)9-11-18(23)21-20-22-19-13(2)6-5-7-17(19)26-20/h5-12H,4H2,1-3H3,(H,21,22,23)/b11-9+. The van der Waals surface area contributed by atoms with Crippen LogP contribution in [0.15, 0.2) is 42.5 Å². The first-order valence-corrected chi connectivity index (χ1v) is 9.08. The molecule has 0 spiro atoms. The van der Waals surface area contributed by atoms with Crippen molar-refractivity contribution in [1.29, 1.82) is 0 Å². The number of hydrogen-bond acceptors (Lipinski definition) is 5. The van der Waals surface area contributed by atoms with Gasteiger partial charge in [0, 0.05) is 6.08 Å². The number of ether oxygens (including phenoxy) is 2. The second-order valence-electron chi connectivity index (χ2n) is 5.61. The maximum Gasteiger partial charge on any atom is 0.250 e. The molecule has 3 rings (SSSR count). The number of hydrogen-bond donors (Lipinski definition) is 1. The van der Waals surface area contributed by atoms with Gasteiger partial charge in [0.1, 0.15) is 0 Å². The van der Waals surface area contributed by atoms with Crippen LogP contribution in [0, 0.1) is 6.92 Å². The number of anilines is 1. The van der Waals surface area contributed by atoms with E-state index in [-0.39, 0.29) is 5.91 Å². The van der Waals surface area contributed by atoms with E-state index in [1.165, 1.54) is 17.4 Å². The second kappa shape index (κ2) is 8.01. The molecule has 2 aromatic carbocycles. The van der Waals surface area contributed by atoms with Crippen LogP contribution in [0.3, 0.4) is 0 Å². The highest BCUT2D eigenvalue weighted by Crippen LogP contribution is 2.29. The van der Waals surface area contributed by atoms with Crippen molar-refractivity contribution < 1.29 is 14.3 Å². The van der Waals surface area contributed by atoms with Gasteiger partial charge in [-0.25, -0.2) is 4.98 Å². The Morgan fingerprint density at radius 3 is 2.85 bits per heavy atom. The van der Waals surface area contributed by atoms with Crippen LogP contribution in [-0.2, 0) is 4.79 Å². The Morgan fingerprint density at radius 1 is 1.27 bits per heavy atom. The zero-order chi connectivity index (χ0) is 18.5. The van der Waals surface area contributed by atoms with Gasteiger partial charge < -0.3 is 9.47 Å². The average molecular weight is 368 g/mol. The highest BCUT2D eigenvalue weighted by Gasteiger charge is 2.08. The number of thiazole rings is 1. The van der Waals surface area contributed by atoms with Crippen LogP contribution >= 0.6 is 11.3 Å². The molecule has 26 heavy (non-hydrogen) atoms. The lowest BCUT2D eigenvalue weighted by Gasteiger charge is -2.09. The van der Waals surface area contributed by atoms with Crippen molar-refractivity contribution in [2.75, 3.05) is 19.0 Å². The molecule has 0 atom stereocenters. The molecule has 0 radical (unpaired) electrons. The van der Waals surface area contributed by atoms with E-state index in [4.69, 9.17) is 9.47 Å². The summed E-state index contributed by atoms with van der Waals surface area (Å²) in [7, 11) is 1.59.